The van der Waals surface area contributed by atoms with E-state index in [1.807, 2.05) is 4.90 Å². The van der Waals surface area contributed by atoms with Crippen LogP contribution in [0.25, 0.3) is 0 Å². The number of piperazine rings is 1. The molecule has 1 fully saturated rings. The van der Waals surface area contributed by atoms with Gasteiger partial charge in [-0.15, -0.1) is 0 Å². The van der Waals surface area contributed by atoms with E-state index in [0.717, 1.165) is 26.2 Å². The van der Waals surface area contributed by atoms with Gasteiger partial charge in [-0.25, -0.2) is 4.79 Å². The fourth-order valence-corrected chi connectivity index (χ4v) is 1.60. The van der Waals surface area contributed by atoms with Crippen molar-refractivity contribution in [2.24, 2.45) is 0 Å². The Bertz CT molecular complexity index is 266. The molecule has 0 bridgehead atoms. The van der Waals surface area contributed by atoms with E-state index in [1.54, 1.807) is 0 Å². The Morgan fingerprint density at radius 2 is 2.00 bits per heavy atom. The minimum atomic E-state index is -1.41. The lowest BCUT2D eigenvalue weighted by molar-refractivity contribution is -0.147. The first-order valence-electron chi connectivity index (χ1n) is 5.70. The van der Waals surface area contributed by atoms with Gasteiger partial charge in [0.25, 0.3) is 0 Å². The molecule has 1 amide bonds. The SMILES string of the molecule is O=C(CN1CCNCC1)NCC[C@H](O)C(=O)O. The van der Waals surface area contributed by atoms with Crippen LogP contribution in [0.3, 0.4) is 0 Å². The lowest BCUT2D eigenvalue weighted by Gasteiger charge is -2.26. The molecule has 0 radical (unpaired) electrons. The number of carbonyl (C=O) groups is 2. The Balaban J connectivity index is 2.10. The Morgan fingerprint density at radius 1 is 1.35 bits per heavy atom. The molecule has 0 unspecified atom stereocenters. The predicted molar refractivity (Wildman–Crippen MR) is 60.6 cm³/mol. The minimum absolute atomic E-state index is 0.0304. The molecule has 4 N–H and O–H groups in total. The number of carboxylic acid groups (broad SMARTS) is 1. The molecule has 0 aromatic carbocycles. The average Bonchev–Trinajstić information content (AvgIpc) is 2.30. The summed E-state index contributed by atoms with van der Waals surface area (Å²) < 4.78 is 0. The normalized spacial score (nSPS) is 18.6. The zero-order valence-electron chi connectivity index (χ0n) is 9.69. The molecule has 0 aliphatic carbocycles. The van der Waals surface area contributed by atoms with E-state index in [1.165, 1.54) is 0 Å². The molecule has 7 heteroatoms. The number of aliphatic hydroxyl groups is 1. The number of nitrogens with one attached hydrogen (secondary N) is 2. The number of hydrogen-bond acceptors (Lipinski definition) is 5. The first-order valence-corrected chi connectivity index (χ1v) is 5.70. The number of carbonyl (C=O) groups excluding carboxylic acids is 1. The number of hydrogen-bond donors (Lipinski definition) is 4. The lowest BCUT2D eigenvalue weighted by Crippen LogP contribution is -2.47. The van der Waals surface area contributed by atoms with Gasteiger partial charge in [-0.2, -0.15) is 0 Å². The van der Waals surface area contributed by atoms with E-state index in [2.05, 4.69) is 10.6 Å². The molecule has 0 aromatic rings. The van der Waals surface area contributed by atoms with Gasteiger partial charge in [-0.1, -0.05) is 0 Å². The van der Waals surface area contributed by atoms with Crippen molar-refractivity contribution in [3.05, 3.63) is 0 Å². The second-order valence-corrected chi connectivity index (χ2v) is 4.02. The summed E-state index contributed by atoms with van der Waals surface area (Å²) in [6.45, 7) is 3.94. The van der Waals surface area contributed by atoms with E-state index in [-0.39, 0.29) is 18.9 Å². The fourth-order valence-electron chi connectivity index (χ4n) is 1.60. The van der Waals surface area contributed by atoms with Gasteiger partial charge in [0.15, 0.2) is 6.10 Å². The fraction of sp³-hybridized carbons (Fsp3) is 0.800. The second kappa shape index (κ2) is 7.21. The van der Waals surface area contributed by atoms with E-state index >= 15 is 0 Å². The van der Waals surface area contributed by atoms with E-state index in [9.17, 15) is 9.59 Å². The maximum absolute atomic E-state index is 11.5. The third kappa shape index (κ3) is 5.62. The predicted octanol–water partition coefficient (Wildman–Crippen LogP) is -2.16. The van der Waals surface area contributed by atoms with Crippen molar-refractivity contribution in [1.29, 1.82) is 0 Å². The zero-order valence-corrected chi connectivity index (χ0v) is 9.69. The van der Waals surface area contributed by atoms with Crippen molar-refractivity contribution in [1.82, 2.24) is 15.5 Å². The van der Waals surface area contributed by atoms with Crippen molar-refractivity contribution in [3.63, 3.8) is 0 Å². The van der Waals surface area contributed by atoms with Crippen LogP contribution < -0.4 is 10.6 Å². The largest absolute Gasteiger partial charge is 0.479 e. The molecule has 1 heterocycles. The topological polar surface area (TPSA) is 102 Å². The van der Waals surface area contributed by atoms with Crippen molar-refractivity contribution < 1.29 is 19.8 Å². The number of aliphatic carboxylic acids is 1. The Labute approximate surface area is 99.8 Å². The summed E-state index contributed by atoms with van der Waals surface area (Å²) in [6.07, 6.45) is -1.38. The van der Waals surface area contributed by atoms with Gasteiger partial charge in [0.2, 0.25) is 5.91 Å². The Kier molecular flexibility index (Phi) is 5.88. The van der Waals surface area contributed by atoms with E-state index < -0.39 is 12.1 Å². The van der Waals surface area contributed by atoms with Gasteiger partial charge in [0, 0.05) is 39.1 Å². The summed E-state index contributed by atoms with van der Waals surface area (Å²) in [5.41, 5.74) is 0. The maximum Gasteiger partial charge on any atom is 0.332 e. The summed E-state index contributed by atoms with van der Waals surface area (Å²) in [4.78, 5) is 23.8. The first kappa shape index (κ1) is 13.9. The van der Waals surface area contributed by atoms with Crippen LogP contribution in [0, 0.1) is 0 Å². The molecule has 0 saturated carbocycles. The van der Waals surface area contributed by atoms with Crippen LogP contribution in [0.4, 0.5) is 0 Å². The second-order valence-electron chi connectivity index (χ2n) is 4.02. The highest BCUT2D eigenvalue weighted by molar-refractivity contribution is 5.78. The van der Waals surface area contributed by atoms with Gasteiger partial charge in [0.05, 0.1) is 6.54 Å². The zero-order chi connectivity index (χ0) is 12.7. The van der Waals surface area contributed by atoms with Crippen LogP contribution in [0.15, 0.2) is 0 Å². The summed E-state index contributed by atoms with van der Waals surface area (Å²) >= 11 is 0. The quantitative estimate of drug-likeness (QED) is 0.425. The number of aliphatic hydroxyl groups excluding tert-OH is 1. The average molecular weight is 245 g/mol. The van der Waals surface area contributed by atoms with Crippen molar-refractivity contribution in [2.75, 3.05) is 39.3 Å². The standard InChI is InChI=1S/C10H19N3O4/c14-8(10(16)17)1-2-12-9(15)7-13-5-3-11-4-6-13/h8,11,14H,1-7H2,(H,12,15)(H,16,17)/t8-/m0/s1. The number of carboxylic acids is 1. The minimum Gasteiger partial charge on any atom is -0.479 e. The van der Waals surface area contributed by atoms with Crippen LogP contribution in [-0.2, 0) is 9.59 Å². The van der Waals surface area contributed by atoms with Gasteiger partial charge in [-0.05, 0) is 0 Å². The highest BCUT2D eigenvalue weighted by Gasteiger charge is 2.15. The van der Waals surface area contributed by atoms with Crippen LogP contribution in [0.1, 0.15) is 6.42 Å². The Morgan fingerprint density at radius 3 is 2.59 bits per heavy atom. The maximum atomic E-state index is 11.5. The molecule has 7 nitrogen and oxygen atoms in total. The van der Waals surface area contributed by atoms with Crippen LogP contribution in [0.5, 0.6) is 0 Å². The lowest BCUT2D eigenvalue weighted by atomic mass is 10.2. The molecule has 1 saturated heterocycles. The monoisotopic (exact) mass is 245 g/mol. The molecule has 17 heavy (non-hydrogen) atoms. The summed E-state index contributed by atoms with van der Waals surface area (Å²) in [5, 5.41) is 23.2. The highest BCUT2D eigenvalue weighted by Crippen LogP contribution is 1.92. The highest BCUT2D eigenvalue weighted by atomic mass is 16.4. The van der Waals surface area contributed by atoms with Crippen molar-refractivity contribution in [3.8, 4) is 0 Å². The first-order chi connectivity index (χ1) is 8.09. The summed E-state index contributed by atoms with van der Waals surface area (Å²) in [7, 11) is 0. The van der Waals surface area contributed by atoms with Gasteiger partial charge < -0.3 is 20.8 Å². The van der Waals surface area contributed by atoms with E-state index in [4.69, 9.17) is 10.2 Å². The molecule has 0 aromatic heterocycles. The number of amides is 1. The van der Waals surface area contributed by atoms with Gasteiger partial charge in [-0.3, -0.25) is 9.69 Å². The molecule has 98 valence electrons. The number of nitrogens with zero attached hydrogens (tertiary/aromatic N) is 1. The van der Waals surface area contributed by atoms with Crippen molar-refractivity contribution >= 4 is 11.9 Å². The molecule has 1 atom stereocenters. The third-order valence-corrected chi connectivity index (χ3v) is 2.60. The number of rotatable bonds is 6. The summed E-state index contributed by atoms with van der Waals surface area (Å²) in [5.74, 6) is -1.40. The van der Waals surface area contributed by atoms with E-state index in [0.29, 0.717) is 6.54 Å². The molecule has 1 aliphatic rings. The van der Waals surface area contributed by atoms with Crippen LogP contribution in [0.2, 0.25) is 0 Å². The van der Waals surface area contributed by atoms with Crippen LogP contribution in [-0.4, -0.2) is 72.4 Å². The molecule has 0 spiro atoms. The smallest absolute Gasteiger partial charge is 0.332 e. The Hall–Kier alpha value is -1.18. The molecular weight excluding hydrogens is 226 g/mol. The molecule has 1 rings (SSSR count). The van der Waals surface area contributed by atoms with Gasteiger partial charge in [0.1, 0.15) is 0 Å². The summed E-state index contributed by atoms with van der Waals surface area (Å²) in [6, 6.07) is 0. The molecule has 1 aliphatic heterocycles. The third-order valence-electron chi connectivity index (χ3n) is 2.60. The van der Waals surface area contributed by atoms with Gasteiger partial charge >= 0.3 is 5.97 Å². The van der Waals surface area contributed by atoms with Crippen molar-refractivity contribution in [2.45, 2.75) is 12.5 Å². The molecular formula is C10H19N3O4. The van der Waals surface area contributed by atoms with Crippen LogP contribution >= 0.6 is 0 Å².